The highest BCUT2D eigenvalue weighted by Crippen LogP contribution is 2.27. The minimum Gasteiger partial charge on any atom is -0.383 e. The zero-order valence-electron chi connectivity index (χ0n) is 10.9. The molecule has 1 aromatic heterocycles. The Morgan fingerprint density at radius 1 is 1.30 bits per heavy atom. The Morgan fingerprint density at radius 3 is 2.50 bits per heavy atom. The third-order valence-corrected chi connectivity index (χ3v) is 2.99. The molecule has 1 aromatic carbocycles. The van der Waals surface area contributed by atoms with E-state index in [0.717, 1.165) is 0 Å². The van der Waals surface area contributed by atoms with Crippen molar-refractivity contribution in [2.24, 2.45) is 0 Å². The number of aliphatic hydroxyl groups excluding tert-OH is 1. The molecule has 0 fully saturated rings. The van der Waals surface area contributed by atoms with Gasteiger partial charge in [0.1, 0.15) is 11.6 Å². The van der Waals surface area contributed by atoms with E-state index in [-0.39, 0.29) is 11.9 Å². The summed E-state index contributed by atoms with van der Waals surface area (Å²) >= 11 is 0. The summed E-state index contributed by atoms with van der Waals surface area (Å²) in [5.74, 6) is -0.396. The van der Waals surface area contributed by atoms with Gasteiger partial charge in [0.2, 0.25) is 0 Å². The lowest BCUT2D eigenvalue weighted by Gasteiger charge is -2.17. The maximum Gasteiger partial charge on any atom is 0.414 e. The number of hydrogen-bond donors (Lipinski definition) is 1. The first kappa shape index (κ1) is 14.8. The van der Waals surface area contributed by atoms with Gasteiger partial charge in [-0.25, -0.2) is 9.37 Å². The smallest absolute Gasteiger partial charge is 0.383 e. The van der Waals surface area contributed by atoms with Crippen LogP contribution in [-0.2, 0) is 6.42 Å². The Labute approximate surface area is 112 Å². The highest BCUT2D eigenvalue weighted by atomic mass is 19.4. The second-order valence-corrected chi connectivity index (χ2v) is 4.89. The van der Waals surface area contributed by atoms with Gasteiger partial charge < -0.3 is 9.67 Å². The van der Waals surface area contributed by atoms with E-state index >= 15 is 0 Å². The number of alkyl halides is 3. The molecule has 3 nitrogen and oxygen atoms in total. The van der Waals surface area contributed by atoms with Gasteiger partial charge in [-0.15, -0.1) is 0 Å². The van der Waals surface area contributed by atoms with E-state index in [1.807, 2.05) is 0 Å². The Balaban J connectivity index is 2.50. The zero-order valence-corrected chi connectivity index (χ0v) is 10.9. The predicted molar refractivity (Wildman–Crippen MR) is 65.8 cm³/mol. The first-order chi connectivity index (χ1) is 9.20. The largest absolute Gasteiger partial charge is 0.414 e. The van der Waals surface area contributed by atoms with Gasteiger partial charge >= 0.3 is 6.18 Å². The van der Waals surface area contributed by atoms with Crippen LogP contribution in [0.5, 0.6) is 0 Å². The summed E-state index contributed by atoms with van der Waals surface area (Å²) in [5, 5.41) is 9.17. The van der Waals surface area contributed by atoms with Gasteiger partial charge in [0.15, 0.2) is 6.10 Å². The minimum atomic E-state index is -4.70. The fourth-order valence-electron chi connectivity index (χ4n) is 2.12. The van der Waals surface area contributed by atoms with Crippen molar-refractivity contribution in [3.8, 4) is 0 Å². The lowest BCUT2D eigenvalue weighted by Crippen LogP contribution is -2.31. The first-order valence-corrected chi connectivity index (χ1v) is 6.11. The lowest BCUT2D eigenvalue weighted by molar-refractivity contribution is -0.203. The number of imidazole rings is 1. The van der Waals surface area contributed by atoms with Crippen molar-refractivity contribution in [3.63, 3.8) is 0 Å². The first-order valence-electron chi connectivity index (χ1n) is 6.11. The molecule has 110 valence electrons. The monoisotopic (exact) mass is 290 g/mol. The summed E-state index contributed by atoms with van der Waals surface area (Å²) in [6.45, 7) is 3.52. The van der Waals surface area contributed by atoms with Gasteiger partial charge in [0, 0.05) is 12.5 Å². The second-order valence-electron chi connectivity index (χ2n) is 4.89. The van der Waals surface area contributed by atoms with Crippen LogP contribution in [0.4, 0.5) is 17.6 Å². The van der Waals surface area contributed by atoms with E-state index in [1.54, 1.807) is 13.8 Å². The average Bonchev–Trinajstić information content (AvgIpc) is 2.64. The van der Waals surface area contributed by atoms with Crippen LogP contribution in [0.3, 0.4) is 0 Å². The van der Waals surface area contributed by atoms with Crippen molar-refractivity contribution < 1.29 is 22.7 Å². The molecule has 0 aliphatic rings. The SMILES string of the molecule is CC(C)n1c(CC(O)C(F)(F)F)nc2ccc(F)cc21. The molecule has 20 heavy (non-hydrogen) atoms. The summed E-state index contributed by atoms with van der Waals surface area (Å²) < 4.78 is 52.1. The molecule has 1 heterocycles. The second kappa shape index (κ2) is 5.05. The van der Waals surface area contributed by atoms with Crippen molar-refractivity contribution in [3.05, 3.63) is 29.8 Å². The van der Waals surface area contributed by atoms with Gasteiger partial charge in [-0.1, -0.05) is 0 Å². The van der Waals surface area contributed by atoms with Crippen LogP contribution in [0.1, 0.15) is 25.7 Å². The summed E-state index contributed by atoms with van der Waals surface area (Å²) in [4.78, 5) is 4.06. The molecule has 0 aliphatic carbocycles. The summed E-state index contributed by atoms with van der Waals surface area (Å²) in [6, 6.07) is 3.64. The molecule has 0 saturated heterocycles. The number of aromatic nitrogens is 2. The van der Waals surface area contributed by atoms with Crippen LogP contribution in [0.2, 0.25) is 0 Å². The van der Waals surface area contributed by atoms with Crippen molar-refractivity contribution in [1.82, 2.24) is 9.55 Å². The third kappa shape index (κ3) is 2.77. The molecule has 0 spiro atoms. The quantitative estimate of drug-likeness (QED) is 0.881. The van der Waals surface area contributed by atoms with Gasteiger partial charge in [0.05, 0.1) is 11.0 Å². The number of aliphatic hydroxyl groups is 1. The van der Waals surface area contributed by atoms with Crippen molar-refractivity contribution in [2.75, 3.05) is 0 Å². The normalized spacial score (nSPS) is 14.2. The van der Waals surface area contributed by atoms with Crippen molar-refractivity contribution in [2.45, 2.75) is 38.6 Å². The van der Waals surface area contributed by atoms with Crippen LogP contribution in [0, 0.1) is 5.82 Å². The van der Waals surface area contributed by atoms with Gasteiger partial charge in [-0.05, 0) is 32.0 Å². The fourth-order valence-corrected chi connectivity index (χ4v) is 2.12. The Morgan fingerprint density at radius 2 is 1.95 bits per heavy atom. The molecule has 0 saturated carbocycles. The molecule has 1 atom stereocenters. The number of hydrogen-bond acceptors (Lipinski definition) is 2. The number of nitrogens with zero attached hydrogens (tertiary/aromatic N) is 2. The maximum atomic E-state index is 13.3. The van der Waals surface area contributed by atoms with E-state index in [0.29, 0.717) is 11.0 Å². The predicted octanol–water partition coefficient (Wildman–Crippen LogP) is 3.22. The summed E-state index contributed by atoms with van der Waals surface area (Å²) in [5.41, 5.74) is 0.828. The molecule has 0 bridgehead atoms. The molecule has 0 radical (unpaired) electrons. The van der Waals surface area contributed by atoms with Gasteiger partial charge in [-0.3, -0.25) is 0 Å². The topological polar surface area (TPSA) is 38.0 Å². The molecular weight excluding hydrogens is 276 g/mol. The standard InChI is InChI=1S/C13H14F4N2O/c1-7(2)19-10-5-8(14)3-4-9(10)18-12(19)6-11(20)13(15,16)17/h3-5,7,11,20H,6H2,1-2H3. The zero-order chi connectivity index (χ0) is 15.1. The Hall–Kier alpha value is -1.63. The van der Waals surface area contributed by atoms with E-state index in [1.165, 1.54) is 22.8 Å². The van der Waals surface area contributed by atoms with Crippen molar-refractivity contribution in [1.29, 1.82) is 0 Å². The van der Waals surface area contributed by atoms with Crippen LogP contribution < -0.4 is 0 Å². The number of rotatable bonds is 3. The number of benzene rings is 1. The Bertz CT molecular complexity index is 619. The van der Waals surface area contributed by atoms with Crippen LogP contribution >= 0.6 is 0 Å². The van der Waals surface area contributed by atoms with E-state index in [9.17, 15) is 22.7 Å². The van der Waals surface area contributed by atoms with Crippen LogP contribution in [0.15, 0.2) is 18.2 Å². The molecule has 2 rings (SSSR count). The molecule has 1 unspecified atom stereocenters. The van der Waals surface area contributed by atoms with E-state index < -0.39 is 24.5 Å². The highest BCUT2D eigenvalue weighted by molar-refractivity contribution is 5.76. The molecule has 1 N–H and O–H groups in total. The molecule has 0 amide bonds. The summed E-state index contributed by atoms with van der Waals surface area (Å²) in [7, 11) is 0. The maximum absolute atomic E-state index is 13.3. The van der Waals surface area contributed by atoms with Crippen LogP contribution in [-0.4, -0.2) is 26.9 Å². The average molecular weight is 290 g/mol. The van der Waals surface area contributed by atoms with Crippen LogP contribution in [0.25, 0.3) is 11.0 Å². The molecule has 7 heteroatoms. The van der Waals surface area contributed by atoms with Gasteiger partial charge in [-0.2, -0.15) is 13.2 Å². The third-order valence-electron chi connectivity index (χ3n) is 2.99. The number of fused-ring (bicyclic) bond motifs is 1. The summed E-state index contributed by atoms with van der Waals surface area (Å²) in [6.07, 6.45) is -7.84. The molecular formula is C13H14F4N2O. The van der Waals surface area contributed by atoms with E-state index in [2.05, 4.69) is 4.98 Å². The van der Waals surface area contributed by atoms with Crippen molar-refractivity contribution >= 4 is 11.0 Å². The molecule has 0 aliphatic heterocycles. The Kier molecular flexibility index (Phi) is 3.73. The highest BCUT2D eigenvalue weighted by Gasteiger charge is 2.39. The van der Waals surface area contributed by atoms with E-state index in [4.69, 9.17) is 0 Å². The molecule has 2 aromatic rings. The lowest BCUT2D eigenvalue weighted by atomic mass is 10.2. The fraction of sp³-hybridized carbons (Fsp3) is 0.462. The number of halogens is 4. The minimum absolute atomic E-state index is 0.0884. The van der Waals surface area contributed by atoms with Gasteiger partial charge in [0.25, 0.3) is 0 Å².